The van der Waals surface area contributed by atoms with E-state index in [0.717, 1.165) is 25.3 Å². The molecule has 6 nitrogen and oxygen atoms in total. The van der Waals surface area contributed by atoms with Crippen LogP contribution >= 0.6 is 7.81 Å². The van der Waals surface area contributed by atoms with Gasteiger partial charge in [0.05, 0.1) is 26.9 Å². The Morgan fingerprint density at radius 1 is 1.04 bits per heavy atom. The van der Waals surface area contributed by atoms with Gasteiger partial charge in [-0.3, -0.25) is 4.79 Å². The van der Waals surface area contributed by atoms with Crippen molar-refractivity contribution in [3.63, 3.8) is 0 Å². The number of hydrogen-bond donors (Lipinski definition) is 1. The van der Waals surface area contributed by atoms with Crippen LogP contribution in [0.5, 0.6) is 0 Å². The average molecular weight is 430 g/mol. The second kappa shape index (κ2) is 10.2. The van der Waals surface area contributed by atoms with Crippen LogP contribution in [0, 0.1) is 0 Å². The van der Waals surface area contributed by atoms with Crippen molar-refractivity contribution >= 4 is 13.8 Å². The number of aromatic nitrogens is 2. The maximum absolute atomic E-state index is 11.5. The summed E-state index contributed by atoms with van der Waals surface area (Å²) in [4.78, 5) is 14.5. The van der Waals surface area contributed by atoms with E-state index in [1.807, 2.05) is 17.8 Å². The molecule has 0 unspecified atom stereocenters. The first-order valence-electron chi connectivity index (χ1n) is 8.08. The molecule has 0 saturated heterocycles. The molecule has 0 atom stereocenters. The number of unbranched alkanes of at least 4 members (excludes halogenated alkanes) is 1. The van der Waals surface area contributed by atoms with Crippen LogP contribution in [0.15, 0.2) is 12.4 Å². The molecule has 0 bridgehead atoms. The number of hydrogen-bond acceptors (Lipinski definition) is 4. The summed E-state index contributed by atoms with van der Waals surface area (Å²) in [5.41, 5.74) is 0. The molecule has 0 spiro atoms. The number of aryl methyl sites for hydroxylation is 1. The zero-order valence-corrected chi connectivity index (χ0v) is 16.0. The van der Waals surface area contributed by atoms with E-state index in [0.29, 0.717) is 19.8 Å². The number of imidazole rings is 1. The van der Waals surface area contributed by atoms with E-state index >= 15 is 0 Å². The Hall–Kier alpha value is -1.39. The van der Waals surface area contributed by atoms with Gasteiger partial charge in [0.25, 0.3) is 5.82 Å². The van der Waals surface area contributed by atoms with Gasteiger partial charge in [0.1, 0.15) is 25.4 Å². The van der Waals surface area contributed by atoms with E-state index in [9.17, 15) is 30.0 Å². The second-order valence-corrected chi connectivity index (χ2v) is 7.37. The number of esters is 1. The van der Waals surface area contributed by atoms with Gasteiger partial charge in [-0.25, -0.2) is 9.55 Å². The quantitative estimate of drug-likeness (QED) is 0.188. The third-order valence-corrected chi connectivity index (χ3v) is 2.79. The molecule has 13 heteroatoms. The van der Waals surface area contributed by atoms with Crippen LogP contribution in [-0.4, -0.2) is 44.0 Å². The molecule has 0 aliphatic heterocycles. The van der Waals surface area contributed by atoms with Crippen molar-refractivity contribution in [2.75, 3.05) is 33.0 Å². The van der Waals surface area contributed by atoms with E-state index in [1.54, 1.807) is 6.20 Å². The van der Waals surface area contributed by atoms with Crippen molar-refractivity contribution in [1.29, 1.82) is 0 Å². The summed E-state index contributed by atoms with van der Waals surface area (Å²) in [5.74, 6) is 0.561. The van der Waals surface area contributed by atoms with Crippen LogP contribution in [0.3, 0.4) is 0 Å². The third-order valence-electron chi connectivity index (χ3n) is 2.79. The summed E-state index contributed by atoms with van der Waals surface area (Å²) in [6, 6.07) is 0. The van der Waals surface area contributed by atoms with Gasteiger partial charge in [-0.2, -0.15) is 0 Å². The number of ether oxygens (including phenoxy) is 3. The first-order chi connectivity index (χ1) is 12.2. The van der Waals surface area contributed by atoms with Gasteiger partial charge in [0.15, 0.2) is 0 Å². The Morgan fingerprint density at radius 2 is 1.56 bits per heavy atom. The molecule has 0 aliphatic carbocycles. The van der Waals surface area contributed by atoms with Gasteiger partial charge in [0.2, 0.25) is 0 Å². The Bertz CT molecular complexity index is 553. The van der Waals surface area contributed by atoms with E-state index in [-0.39, 0.29) is 19.0 Å². The molecule has 1 aromatic rings. The number of carbonyl (C=O) groups is 1. The van der Waals surface area contributed by atoms with Crippen LogP contribution in [0.2, 0.25) is 0 Å². The van der Waals surface area contributed by atoms with Crippen LogP contribution in [0.25, 0.3) is 0 Å². The van der Waals surface area contributed by atoms with Crippen molar-refractivity contribution in [2.24, 2.45) is 7.05 Å². The molecule has 0 aromatic carbocycles. The molecule has 0 radical (unpaired) electrons. The van der Waals surface area contributed by atoms with E-state index in [4.69, 9.17) is 14.2 Å². The van der Waals surface area contributed by atoms with E-state index in [1.165, 1.54) is 0 Å². The zero-order chi connectivity index (χ0) is 21.0. The van der Waals surface area contributed by atoms with Crippen molar-refractivity contribution in [3.8, 4) is 0 Å². The molecular formula is C14H25F6N2O4P. The molecular weight excluding hydrogens is 405 g/mol. The first kappa shape index (κ1) is 25.6. The summed E-state index contributed by atoms with van der Waals surface area (Å²) < 4.78 is 76.8. The van der Waals surface area contributed by atoms with Crippen LogP contribution in [0.4, 0.5) is 25.2 Å². The fraction of sp³-hybridized carbons (Fsp3) is 0.714. The maximum atomic E-state index is 11.5. The summed E-state index contributed by atoms with van der Waals surface area (Å²) in [6.07, 6.45) is 6.08. The number of H-pyrrole nitrogens is 1. The molecule has 0 aliphatic rings. The minimum absolute atomic E-state index is 0.240. The first-order valence-corrected chi connectivity index (χ1v) is 10.1. The molecule has 1 heterocycles. The standard InChI is InChI=1S/C14H24N2O4.F6P/c1-3-4-7-18-8-9-19-10-11-20-14(17)12-13-15-5-6-16(13)2;1-7(2,3,4,5)6/h5-6H,3-4,7-12H2,1-2H3;/q;-1/p+1. The summed E-state index contributed by atoms with van der Waals surface area (Å²) >= 11 is 0. The third kappa shape index (κ3) is 22.6. The van der Waals surface area contributed by atoms with Crippen molar-refractivity contribution in [2.45, 2.75) is 26.2 Å². The van der Waals surface area contributed by atoms with Gasteiger partial charge < -0.3 is 14.2 Å². The predicted molar refractivity (Wildman–Crippen MR) is 86.7 cm³/mol. The summed E-state index contributed by atoms with van der Waals surface area (Å²) in [5, 5.41) is 0. The molecule has 162 valence electrons. The second-order valence-electron chi connectivity index (χ2n) is 5.45. The zero-order valence-electron chi connectivity index (χ0n) is 15.1. The molecule has 1 aromatic heterocycles. The summed E-state index contributed by atoms with van der Waals surface area (Å²) in [6.45, 7) is 4.71. The number of nitrogens with one attached hydrogen (secondary N) is 1. The molecule has 1 rings (SSSR count). The molecule has 0 saturated carbocycles. The number of carbonyl (C=O) groups excluding carboxylic acids is 1. The monoisotopic (exact) mass is 430 g/mol. The minimum atomic E-state index is -10.7. The normalized spacial score (nSPS) is 13.9. The van der Waals surface area contributed by atoms with Crippen LogP contribution in [0.1, 0.15) is 25.6 Å². The van der Waals surface area contributed by atoms with Crippen molar-refractivity contribution in [1.82, 2.24) is 4.98 Å². The number of halogens is 6. The molecule has 0 fully saturated rings. The average Bonchev–Trinajstić information content (AvgIpc) is 2.87. The molecule has 1 N–H and O–H groups in total. The van der Waals surface area contributed by atoms with Crippen LogP contribution in [-0.2, 0) is 32.5 Å². The van der Waals surface area contributed by atoms with Gasteiger partial charge in [-0.1, -0.05) is 13.3 Å². The van der Waals surface area contributed by atoms with Crippen LogP contribution < -0.4 is 4.57 Å². The van der Waals surface area contributed by atoms with Crippen molar-refractivity contribution < 1.29 is 48.8 Å². The van der Waals surface area contributed by atoms with Gasteiger partial charge >= 0.3 is 39.0 Å². The Balaban J connectivity index is 0.000000821. The predicted octanol–water partition coefficient (Wildman–Crippen LogP) is 4.14. The number of aromatic amines is 1. The SMILES string of the molecule is CCCCOCCOCCOC(=O)Cc1[nH]cc[n+]1C.F[P-](F)(F)(F)(F)F. The Kier molecular flexibility index (Phi) is 9.71. The number of nitrogens with zero attached hydrogens (tertiary/aromatic N) is 1. The van der Waals surface area contributed by atoms with Gasteiger partial charge in [0, 0.05) is 6.61 Å². The molecule has 0 amide bonds. The number of rotatable bonds is 11. The molecule has 27 heavy (non-hydrogen) atoms. The van der Waals surface area contributed by atoms with E-state index < -0.39 is 7.81 Å². The fourth-order valence-corrected chi connectivity index (χ4v) is 1.58. The van der Waals surface area contributed by atoms with E-state index in [2.05, 4.69) is 11.9 Å². The Labute approximate surface area is 153 Å². The van der Waals surface area contributed by atoms with Gasteiger partial charge in [-0.15, -0.1) is 0 Å². The van der Waals surface area contributed by atoms with Gasteiger partial charge in [-0.05, 0) is 6.42 Å². The topological polar surface area (TPSA) is 64.4 Å². The fourth-order valence-electron chi connectivity index (χ4n) is 1.58. The van der Waals surface area contributed by atoms with Crippen molar-refractivity contribution in [3.05, 3.63) is 18.2 Å². The Morgan fingerprint density at radius 3 is 2.04 bits per heavy atom. The summed E-state index contributed by atoms with van der Waals surface area (Å²) in [7, 11) is -8.78.